The maximum Gasteiger partial charge on any atom is 0.160 e. The first-order chi connectivity index (χ1) is 29.2. The van der Waals surface area contributed by atoms with E-state index in [-0.39, 0.29) is 0 Å². The molecule has 274 valence electrons. The lowest BCUT2D eigenvalue weighted by molar-refractivity contribution is 0.669. The Labute approximate surface area is 341 Å². The Bertz CT molecular complexity index is 3740. The van der Waals surface area contributed by atoms with Gasteiger partial charge in [-0.1, -0.05) is 140 Å². The molecule has 0 spiro atoms. The number of hydrogen-bond donors (Lipinski definition) is 0. The highest BCUT2D eigenvalue weighted by Crippen LogP contribution is 2.43. The predicted molar refractivity (Wildman–Crippen MR) is 248 cm³/mol. The summed E-state index contributed by atoms with van der Waals surface area (Å²) in [7, 11) is 0. The zero-order valence-electron chi connectivity index (χ0n) is 31.6. The molecular formula is C54H31N3OS. The summed E-state index contributed by atoms with van der Waals surface area (Å²) in [5.74, 6) is 0.677. The SMILES string of the molecule is c1ccc(-c2ccc(-c3nc(-c4ccc5c(c4)oc4cc(-n6c7ccc8ccccc8c7c7c8ccccc8ccc76)ccc45)nc4c3sc3ccccc34)cc2)cc1. The van der Waals surface area contributed by atoms with E-state index in [0.717, 1.165) is 60.0 Å². The Balaban J connectivity index is 0.973. The van der Waals surface area contributed by atoms with Crippen molar-refractivity contribution in [1.29, 1.82) is 0 Å². The first-order valence-corrected chi connectivity index (χ1v) is 20.7. The summed E-state index contributed by atoms with van der Waals surface area (Å²) in [6, 6.07) is 67.1. The molecule has 0 aliphatic rings. The number of nitrogens with zero attached hydrogens (tertiary/aromatic N) is 3. The zero-order chi connectivity index (χ0) is 38.6. The van der Waals surface area contributed by atoms with E-state index in [0.29, 0.717) is 5.82 Å². The lowest BCUT2D eigenvalue weighted by atomic mass is 10.00. The van der Waals surface area contributed by atoms with E-state index in [1.165, 1.54) is 59.2 Å². The Morgan fingerprint density at radius 2 is 1.00 bits per heavy atom. The van der Waals surface area contributed by atoms with Crippen molar-refractivity contribution in [3.63, 3.8) is 0 Å². The molecule has 4 nitrogen and oxygen atoms in total. The van der Waals surface area contributed by atoms with Crippen LogP contribution in [0.4, 0.5) is 0 Å². The molecule has 13 aromatic rings. The van der Waals surface area contributed by atoms with Gasteiger partial charge in [-0.05, 0) is 75.1 Å². The Morgan fingerprint density at radius 1 is 0.424 bits per heavy atom. The second kappa shape index (κ2) is 12.4. The van der Waals surface area contributed by atoms with Crippen LogP contribution >= 0.6 is 11.3 Å². The van der Waals surface area contributed by atoms with Gasteiger partial charge in [-0.25, -0.2) is 9.97 Å². The van der Waals surface area contributed by atoms with E-state index in [4.69, 9.17) is 14.4 Å². The average molecular weight is 770 g/mol. The van der Waals surface area contributed by atoms with Gasteiger partial charge in [0.2, 0.25) is 0 Å². The highest BCUT2D eigenvalue weighted by atomic mass is 32.1. The topological polar surface area (TPSA) is 43.9 Å². The van der Waals surface area contributed by atoms with Crippen LogP contribution < -0.4 is 0 Å². The largest absolute Gasteiger partial charge is 0.456 e. The standard InChI is InChI=1S/C54H31N3OS/c1-2-10-32(11-3-1)33-18-20-36(21-19-33)51-53-52(43-16-8-9-17-48(43)59-53)56-54(55-51)37-22-26-41-42-27-25-38(31-47(42)58-46(41)30-37)57-44-28-23-34-12-4-6-14-39(34)49(44)50-40-15-7-5-13-35(40)24-29-45(50)57/h1-31H. The molecule has 0 bridgehead atoms. The molecule has 0 fully saturated rings. The number of furan rings is 1. The maximum atomic E-state index is 6.76. The van der Waals surface area contributed by atoms with Gasteiger partial charge < -0.3 is 8.98 Å². The molecule has 0 unspecified atom stereocenters. The minimum atomic E-state index is 0.677. The third kappa shape index (κ3) is 4.89. The van der Waals surface area contributed by atoms with Gasteiger partial charge in [-0.3, -0.25) is 0 Å². The van der Waals surface area contributed by atoms with Crippen LogP contribution in [-0.2, 0) is 0 Å². The van der Waals surface area contributed by atoms with Crippen LogP contribution in [0, 0.1) is 0 Å². The van der Waals surface area contributed by atoms with Gasteiger partial charge in [-0.15, -0.1) is 11.3 Å². The molecule has 4 aromatic heterocycles. The van der Waals surface area contributed by atoms with Gasteiger partial charge in [0, 0.05) is 54.5 Å². The monoisotopic (exact) mass is 769 g/mol. The third-order valence-electron chi connectivity index (χ3n) is 12.0. The molecule has 9 aromatic carbocycles. The van der Waals surface area contributed by atoms with E-state index in [2.05, 4.69) is 187 Å². The van der Waals surface area contributed by atoms with Crippen LogP contribution in [0.5, 0.6) is 0 Å². The fourth-order valence-corrected chi connectivity index (χ4v) is 10.4. The summed E-state index contributed by atoms with van der Waals surface area (Å²) in [4.78, 5) is 10.6. The number of aromatic nitrogens is 3. The Morgan fingerprint density at radius 3 is 1.73 bits per heavy atom. The lowest BCUT2D eigenvalue weighted by Crippen LogP contribution is -1.93. The molecule has 0 saturated carbocycles. The molecule has 0 aliphatic carbocycles. The molecule has 4 heterocycles. The summed E-state index contributed by atoms with van der Waals surface area (Å²) in [5, 5.41) is 10.8. The van der Waals surface area contributed by atoms with Crippen LogP contribution in [0.1, 0.15) is 0 Å². The fraction of sp³-hybridized carbons (Fsp3) is 0. The predicted octanol–water partition coefficient (Wildman–Crippen LogP) is 15.1. The quantitative estimate of drug-likeness (QED) is 0.179. The van der Waals surface area contributed by atoms with Crippen LogP contribution in [0.2, 0.25) is 0 Å². The number of thiophene rings is 1. The lowest BCUT2D eigenvalue weighted by Gasteiger charge is -2.09. The molecule has 13 rings (SSSR count). The van der Waals surface area contributed by atoms with E-state index in [1.54, 1.807) is 11.3 Å². The molecular weight excluding hydrogens is 739 g/mol. The van der Waals surface area contributed by atoms with Crippen molar-refractivity contribution in [2.45, 2.75) is 0 Å². The smallest absolute Gasteiger partial charge is 0.160 e. The Kier molecular flexibility index (Phi) is 6.85. The zero-order valence-corrected chi connectivity index (χ0v) is 32.4. The van der Waals surface area contributed by atoms with Gasteiger partial charge in [0.1, 0.15) is 11.2 Å². The van der Waals surface area contributed by atoms with Crippen molar-refractivity contribution < 1.29 is 4.42 Å². The van der Waals surface area contributed by atoms with Crippen molar-refractivity contribution in [3.05, 3.63) is 188 Å². The molecule has 0 amide bonds. The van der Waals surface area contributed by atoms with Gasteiger partial charge >= 0.3 is 0 Å². The summed E-state index contributed by atoms with van der Waals surface area (Å²) < 4.78 is 11.4. The summed E-state index contributed by atoms with van der Waals surface area (Å²) >= 11 is 1.75. The van der Waals surface area contributed by atoms with Crippen LogP contribution in [0.15, 0.2) is 192 Å². The minimum absolute atomic E-state index is 0.677. The second-order valence-corrected chi connectivity index (χ2v) is 16.4. The average Bonchev–Trinajstić information content (AvgIpc) is 3.98. The van der Waals surface area contributed by atoms with E-state index in [1.807, 2.05) is 6.07 Å². The molecule has 5 heteroatoms. The fourth-order valence-electron chi connectivity index (χ4n) is 9.24. The minimum Gasteiger partial charge on any atom is -0.456 e. The summed E-state index contributed by atoms with van der Waals surface area (Å²) in [6.45, 7) is 0. The van der Waals surface area contributed by atoms with Crippen molar-refractivity contribution in [2.75, 3.05) is 0 Å². The number of hydrogen-bond acceptors (Lipinski definition) is 4. The van der Waals surface area contributed by atoms with Crippen LogP contribution in [0.25, 0.3) is 125 Å². The number of fused-ring (bicyclic) bond motifs is 13. The van der Waals surface area contributed by atoms with Gasteiger partial charge in [0.05, 0.1) is 26.9 Å². The highest BCUT2D eigenvalue weighted by molar-refractivity contribution is 7.26. The van der Waals surface area contributed by atoms with Gasteiger partial charge in [-0.2, -0.15) is 0 Å². The van der Waals surface area contributed by atoms with Crippen molar-refractivity contribution in [1.82, 2.24) is 14.5 Å². The highest BCUT2D eigenvalue weighted by Gasteiger charge is 2.20. The molecule has 0 aliphatic heterocycles. The third-order valence-corrected chi connectivity index (χ3v) is 13.2. The molecule has 0 saturated heterocycles. The van der Waals surface area contributed by atoms with E-state index < -0.39 is 0 Å². The van der Waals surface area contributed by atoms with Crippen LogP contribution in [0.3, 0.4) is 0 Å². The van der Waals surface area contributed by atoms with E-state index in [9.17, 15) is 0 Å². The Hall–Kier alpha value is -7.60. The number of benzene rings is 9. The first kappa shape index (κ1) is 32.5. The second-order valence-electron chi connectivity index (χ2n) is 15.3. The van der Waals surface area contributed by atoms with Gasteiger partial charge in [0.15, 0.2) is 5.82 Å². The first-order valence-electron chi connectivity index (χ1n) is 19.9. The van der Waals surface area contributed by atoms with Crippen molar-refractivity contribution >= 4 is 96.9 Å². The molecule has 59 heavy (non-hydrogen) atoms. The molecule has 0 radical (unpaired) electrons. The number of rotatable bonds is 4. The van der Waals surface area contributed by atoms with Crippen molar-refractivity contribution in [2.24, 2.45) is 0 Å². The normalized spacial score (nSPS) is 12.1. The summed E-state index contributed by atoms with van der Waals surface area (Å²) in [6.07, 6.45) is 0. The van der Waals surface area contributed by atoms with Gasteiger partial charge in [0.25, 0.3) is 0 Å². The van der Waals surface area contributed by atoms with Crippen LogP contribution in [-0.4, -0.2) is 14.5 Å². The molecule has 0 atom stereocenters. The maximum absolute atomic E-state index is 6.76. The summed E-state index contributed by atoms with van der Waals surface area (Å²) in [5.41, 5.74) is 11.3. The van der Waals surface area contributed by atoms with Crippen molar-refractivity contribution in [3.8, 4) is 39.5 Å². The van der Waals surface area contributed by atoms with E-state index >= 15 is 0 Å². The molecule has 0 N–H and O–H groups in total.